The first-order chi connectivity index (χ1) is 12.8. The molecule has 1 aliphatic carbocycles. The van der Waals surface area contributed by atoms with Gasteiger partial charge in [-0.3, -0.25) is 9.69 Å². The van der Waals surface area contributed by atoms with Gasteiger partial charge in [0.05, 0.1) is 5.56 Å². The molecule has 1 N–H and O–H groups in total. The van der Waals surface area contributed by atoms with Crippen LogP contribution in [0.2, 0.25) is 0 Å². The van der Waals surface area contributed by atoms with Crippen LogP contribution in [0.5, 0.6) is 0 Å². The van der Waals surface area contributed by atoms with Gasteiger partial charge in [-0.05, 0) is 43.7 Å². The molecule has 1 saturated carbocycles. The normalized spacial score (nSPS) is 20.2. The van der Waals surface area contributed by atoms with Crippen LogP contribution in [-0.4, -0.2) is 40.4 Å². The van der Waals surface area contributed by atoms with Crippen molar-refractivity contribution in [3.63, 3.8) is 0 Å². The summed E-state index contributed by atoms with van der Waals surface area (Å²) >= 11 is 0. The molecule has 4 rings (SSSR count). The van der Waals surface area contributed by atoms with Gasteiger partial charge >= 0.3 is 0 Å². The lowest BCUT2D eigenvalue weighted by Gasteiger charge is -2.16. The van der Waals surface area contributed by atoms with Gasteiger partial charge in [0.15, 0.2) is 0 Å². The van der Waals surface area contributed by atoms with Crippen molar-refractivity contribution in [2.24, 2.45) is 5.92 Å². The molecular formula is C21H26N4O. The summed E-state index contributed by atoms with van der Waals surface area (Å²) in [4.78, 5) is 23.4. The SMILES string of the molecule is O=C(NCC[C@H]1CCN(Cc2ccccc2)C1)c1cnc(C2CC2)nc1. The van der Waals surface area contributed by atoms with Crippen LogP contribution in [0.3, 0.4) is 0 Å². The molecule has 5 heteroatoms. The van der Waals surface area contributed by atoms with E-state index in [0.29, 0.717) is 23.9 Å². The van der Waals surface area contributed by atoms with Crippen molar-refractivity contribution < 1.29 is 4.79 Å². The Morgan fingerprint density at radius 3 is 2.62 bits per heavy atom. The summed E-state index contributed by atoms with van der Waals surface area (Å²) in [7, 11) is 0. The second-order valence-electron chi connectivity index (χ2n) is 7.52. The lowest BCUT2D eigenvalue weighted by atomic mass is 10.1. The van der Waals surface area contributed by atoms with Crippen LogP contribution in [0, 0.1) is 5.92 Å². The summed E-state index contributed by atoms with van der Waals surface area (Å²) < 4.78 is 0. The Kier molecular flexibility index (Phi) is 5.25. The molecule has 1 aromatic carbocycles. The number of hydrogen-bond donors (Lipinski definition) is 1. The summed E-state index contributed by atoms with van der Waals surface area (Å²) in [5.74, 6) is 2.00. The molecule has 2 fully saturated rings. The van der Waals surface area contributed by atoms with Crippen molar-refractivity contribution in [1.29, 1.82) is 0 Å². The summed E-state index contributed by atoms with van der Waals surface area (Å²) in [5.41, 5.74) is 1.93. The Morgan fingerprint density at radius 2 is 1.88 bits per heavy atom. The number of benzene rings is 1. The Bertz CT molecular complexity index is 727. The number of carbonyl (C=O) groups is 1. The minimum absolute atomic E-state index is 0.0634. The predicted molar refractivity (Wildman–Crippen MR) is 101 cm³/mol. The van der Waals surface area contributed by atoms with Gasteiger partial charge in [-0.15, -0.1) is 0 Å². The third-order valence-corrected chi connectivity index (χ3v) is 5.33. The van der Waals surface area contributed by atoms with Crippen molar-refractivity contribution in [2.75, 3.05) is 19.6 Å². The maximum Gasteiger partial charge on any atom is 0.254 e. The first-order valence-corrected chi connectivity index (χ1v) is 9.64. The highest BCUT2D eigenvalue weighted by atomic mass is 16.1. The van der Waals surface area contributed by atoms with Crippen LogP contribution in [0.25, 0.3) is 0 Å². The van der Waals surface area contributed by atoms with Gasteiger partial charge in [0.2, 0.25) is 0 Å². The average Bonchev–Trinajstić information content (AvgIpc) is 3.44. The summed E-state index contributed by atoms with van der Waals surface area (Å²) in [6, 6.07) is 10.6. The van der Waals surface area contributed by atoms with E-state index in [4.69, 9.17) is 0 Å². The van der Waals surface area contributed by atoms with Crippen LogP contribution in [0.15, 0.2) is 42.7 Å². The Labute approximate surface area is 154 Å². The molecule has 5 nitrogen and oxygen atoms in total. The van der Waals surface area contributed by atoms with Gasteiger partial charge in [-0.25, -0.2) is 9.97 Å². The lowest BCUT2D eigenvalue weighted by molar-refractivity contribution is 0.0950. The third-order valence-electron chi connectivity index (χ3n) is 5.33. The van der Waals surface area contributed by atoms with Crippen molar-refractivity contribution in [3.05, 3.63) is 59.7 Å². The molecule has 26 heavy (non-hydrogen) atoms. The van der Waals surface area contributed by atoms with Crippen LogP contribution in [0.1, 0.15) is 53.3 Å². The number of nitrogens with one attached hydrogen (secondary N) is 1. The molecule has 1 saturated heterocycles. The topological polar surface area (TPSA) is 58.1 Å². The largest absolute Gasteiger partial charge is 0.352 e. The molecule has 1 atom stereocenters. The van der Waals surface area contributed by atoms with E-state index >= 15 is 0 Å². The van der Waals surface area contributed by atoms with Gasteiger partial charge in [-0.1, -0.05) is 30.3 Å². The molecule has 1 aliphatic heterocycles. The molecule has 0 radical (unpaired) electrons. The maximum atomic E-state index is 12.2. The van der Waals surface area contributed by atoms with Gasteiger partial charge in [0.25, 0.3) is 5.91 Å². The van der Waals surface area contributed by atoms with E-state index in [-0.39, 0.29) is 5.91 Å². The van der Waals surface area contributed by atoms with E-state index in [1.807, 2.05) is 0 Å². The third kappa shape index (κ3) is 4.47. The Hall–Kier alpha value is -2.27. The first kappa shape index (κ1) is 17.2. The predicted octanol–water partition coefficient (Wildman–Crippen LogP) is 3.00. The van der Waals surface area contributed by atoms with Crippen molar-refractivity contribution in [2.45, 2.75) is 38.1 Å². The molecule has 2 aromatic rings. The van der Waals surface area contributed by atoms with Crippen LogP contribution < -0.4 is 5.32 Å². The minimum Gasteiger partial charge on any atom is -0.352 e. The molecule has 2 heterocycles. The number of nitrogens with zero attached hydrogens (tertiary/aromatic N) is 3. The second kappa shape index (κ2) is 7.96. The number of likely N-dealkylation sites (tertiary alicyclic amines) is 1. The molecule has 2 aliphatic rings. The van der Waals surface area contributed by atoms with Gasteiger partial charge in [0, 0.05) is 37.9 Å². The first-order valence-electron chi connectivity index (χ1n) is 9.64. The average molecular weight is 350 g/mol. The number of carbonyl (C=O) groups excluding carboxylic acids is 1. The van der Waals surface area contributed by atoms with Gasteiger partial charge < -0.3 is 5.32 Å². The molecular weight excluding hydrogens is 324 g/mol. The van der Waals surface area contributed by atoms with E-state index in [1.165, 1.54) is 24.8 Å². The molecule has 1 aromatic heterocycles. The fraction of sp³-hybridized carbons (Fsp3) is 0.476. The van der Waals surface area contributed by atoms with Gasteiger partial charge in [0.1, 0.15) is 5.82 Å². The Balaban J connectivity index is 1.18. The standard InChI is InChI=1S/C21H26N4O/c26-21(19-12-23-20(24-13-19)18-6-7-18)22-10-8-17-9-11-25(15-17)14-16-4-2-1-3-5-16/h1-5,12-13,17-18H,6-11,14-15H2,(H,22,26)/t17-/m0/s1. The molecule has 0 unspecified atom stereocenters. The highest BCUT2D eigenvalue weighted by molar-refractivity contribution is 5.93. The lowest BCUT2D eigenvalue weighted by Crippen LogP contribution is -2.27. The number of hydrogen-bond acceptors (Lipinski definition) is 4. The minimum atomic E-state index is -0.0634. The van der Waals surface area contributed by atoms with Crippen molar-refractivity contribution in [1.82, 2.24) is 20.2 Å². The smallest absolute Gasteiger partial charge is 0.254 e. The highest BCUT2D eigenvalue weighted by Crippen LogP contribution is 2.37. The fourth-order valence-electron chi connectivity index (χ4n) is 3.63. The van der Waals surface area contributed by atoms with E-state index in [9.17, 15) is 4.79 Å². The Morgan fingerprint density at radius 1 is 1.12 bits per heavy atom. The summed E-state index contributed by atoms with van der Waals surface area (Å²) in [6.45, 7) is 4.00. The van der Waals surface area contributed by atoms with E-state index in [2.05, 4.69) is 50.5 Å². The van der Waals surface area contributed by atoms with Crippen LogP contribution in [-0.2, 0) is 6.54 Å². The molecule has 136 valence electrons. The summed E-state index contributed by atoms with van der Waals surface area (Å²) in [5, 5.41) is 3.02. The van der Waals surface area contributed by atoms with E-state index < -0.39 is 0 Å². The second-order valence-corrected chi connectivity index (χ2v) is 7.52. The zero-order valence-electron chi connectivity index (χ0n) is 15.1. The zero-order chi connectivity index (χ0) is 17.8. The monoisotopic (exact) mass is 350 g/mol. The van der Waals surface area contributed by atoms with Crippen molar-refractivity contribution >= 4 is 5.91 Å². The zero-order valence-corrected chi connectivity index (χ0v) is 15.1. The van der Waals surface area contributed by atoms with Crippen LogP contribution in [0.4, 0.5) is 0 Å². The number of amides is 1. The molecule has 1 amide bonds. The number of aromatic nitrogens is 2. The summed E-state index contributed by atoms with van der Waals surface area (Å²) in [6.07, 6.45) is 7.91. The molecule has 0 bridgehead atoms. The van der Waals surface area contributed by atoms with Crippen LogP contribution >= 0.6 is 0 Å². The quantitative estimate of drug-likeness (QED) is 0.834. The number of rotatable bonds is 7. The highest BCUT2D eigenvalue weighted by Gasteiger charge is 2.26. The fourth-order valence-corrected chi connectivity index (χ4v) is 3.63. The van der Waals surface area contributed by atoms with E-state index in [1.54, 1.807) is 12.4 Å². The molecule has 0 spiro atoms. The maximum absolute atomic E-state index is 12.2. The van der Waals surface area contributed by atoms with E-state index in [0.717, 1.165) is 31.9 Å². The van der Waals surface area contributed by atoms with Crippen molar-refractivity contribution in [3.8, 4) is 0 Å². The van der Waals surface area contributed by atoms with Gasteiger partial charge in [-0.2, -0.15) is 0 Å².